The van der Waals surface area contributed by atoms with E-state index in [-0.39, 0.29) is 30.0 Å². The second-order valence-corrected chi connectivity index (χ2v) is 9.11. The summed E-state index contributed by atoms with van der Waals surface area (Å²) in [5.41, 5.74) is 2.07. The van der Waals surface area contributed by atoms with Gasteiger partial charge in [-0.1, -0.05) is 15.9 Å². The highest BCUT2D eigenvalue weighted by atomic mass is 79.9. The van der Waals surface area contributed by atoms with Crippen LogP contribution >= 0.6 is 15.9 Å². The number of anilines is 1. The van der Waals surface area contributed by atoms with Crippen molar-refractivity contribution in [3.8, 4) is 0 Å². The number of aryl methyl sites for hydroxylation is 1. The summed E-state index contributed by atoms with van der Waals surface area (Å²) >= 11 is 3.47. The van der Waals surface area contributed by atoms with E-state index < -0.39 is 9.84 Å². The number of benzene rings is 1. The summed E-state index contributed by atoms with van der Waals surface area (Å²) in [7, 11) is -1.11. The third-order valence-corrected chi connectivity index (χ3v) is 6.91. The topological polar surface area (TPSA) is 57.7 Å². The first-order chi connectivity index (χ1) is 10.7. The van der Waals surface area contributed by atoms with Crippen molar-refractivity contribution in [3.05, 3.63) is 28.2 Å². The number of likely N-dealkylation sites (N-methyl/N-ethyl adjacent to an activating group) is 2. The molecule has 1 aliphatic heterocycles. The molecule has 0 spiro atoms. The van der Waals surface area contributed by atoms with Gasteiger partial charge in [0.2, 0.25) is 5.91 Å². The molecule has 1 aliphatic rings. The van der Waals surface area contributed by atoms with Crippen LogP contribution in [0.25, 0.3) is 0 Å². The number of amides is 1. The number of carbonyl (C=O) groups excluding carboxylic acids is 1. The second-order valence-electron chi connectivity index (χ2n) is 6.03. The van der Waals surface area contributed by atoms with Gasteiger partial charge < -0.3 is 9.80 Å². The molecule has 1 unspecified atom stereocenters. The molecular weight excluding hydrogens is 380 g/mol. The summed E-state index contributed by atoms with van der Waals surface area (Å²) in [6.07, 6.45) is 0.545. The van der Waals surface area contributed by atoms with Crippen LogP contribution in [0.3, 0.4) is 0 Å². The van der Waals surface area contributed by atoms with Gasteiger partial charge in [0.1, 0.15) is 0 Å². The van der Waals surface area contributed by atoms with Crippen LogP contribution < -0.4 is 4.90 Å². The molecule has 7 heteroatoms. The SMILES string of the molecule is CCN(C(=O)CN(C)c1ccc(Br)c(C)c1)C1CCS(=O)(=O)C1. The van der Waals surface area contributed by atoms with Gasteiger partial charge in [-0.2, -0.15) is 0 Å². The molecule has 1 atom stereocenters. The van der Waals surface area contributed by atoms with Crippen molar-refractivity contribution in [3.63, 3.8) is 0 Å². The minimum Gasteiger partial charge on any atom is -0.365 e. The van der Waals surface area contributed by atoms with E-state index in [0.717, 1.165) is 15.7 Å². The molecule has 23 heavy (non-hydrogen) atoms. The fourth-order valence-electron chi connectivity index (χ4n) is 2.91. The van der Waals surface area contributed by atoms with E-state index in [1.165, 1.54) is 0 Å². The van der Waals surface area contributed by atoms with Crippen molar-refractivity contribution < 1.29 is 13.2 Å². The van der Waals surface area contributed by atoms with Gasteiger partial charge in [0.05, 0.1) is 18.1 Å². The number of nitrogens with zero attached hydrogens (tertiary/aromatic N) is 2. The van der Waals surface area contributed by atoms with Crippen LogP contribution in [0.2, 0.25) is 0 Å². The fraction of sp³-hybridized carbons (Fsp3) is 0.562. The Labute approximate surface area is 146 Å². The summed E-state index contributed by atoms with van der Waals surface area (Å²) in [6.45, 7) is 4.68. The molecule has 0 radical (unpaired) electrons. The van der Waals surface area contributed by atoms with E-state index in [0.29, 0.717) is 13.0 Å². The van der Waals surface area contributed by atoms with E-state index in [2.05, 4.69) is 15.9 Å². The molecule has 1 aromatic carbocycles. The highest BCUT2D eigenvalue weighted by Gasteiger charge is 2.34. The lowest BCUT2D eigenvalue weighted by molar-refractivity contribution is -0.131. The van der Waals surface area contributed by atoms with Crippen molar-refractivity contribution in [2.75, 3.05) is 36.5 Å². The first-order valence-electron chi connectivity index (χ1n) is 7.70. The van der Waals surface area contributed by atoms with Gasteiger partial charge in [-0.3, -0.25) is 4.79 Å². The standard InChI is InChI=1S/C16H23BrN2O3S/c1-4-19(14-7-8-23(21,22)11-14)16(20)10-18(3)13-5-6-15(17)12(2)9-13/h5-6,9,14H,4,7-8,10-11H2,1-3H3. The molecule has 1 saturated heterocycles. The molecule has 0 aromatic heterocycles. The van der Waals surface area contributed by atoms with E-state index in [4.69, 9.17) is 0 Å². The van der Waals surface area contributed by atoms with Crippen LogP contribution in [-0.2, 0) is 14.6 Å². The minimum absolute atomic E-state index is 0.0299. The predicted molar refractivity (Wildman–Crippen MR) is 96.6 cm³/mol. The third-order valence-electron chi connectivity index (χ3n) is 4.26. The number of rotatable bonds is 5. The molecule has 0 N–H and O–H groups in total. The molecule has 0 aliphatic carbocycles. The zero-order chi connectivity index (χ0) is 17.2. The smallest absolute Gasteiger partial charge is 0.242 e. The van der Waals surface area contributed by atoms with Gasteiger partial charge in [-0.05, 0) is 44.0 Å². The summed E-state index contributed by atoms with van der Waals surface area (Å²) in [5.74, 6) is 0.245. The fourth-order valence-corrected chi connectivity index (χ4v) is 4.89. The zero-order valence-electron chi connectivity index (χ0n) is 13.8. The maximum Gasteiger partial charge on any atom is 0.242 e. The highest BCUT2D eigenvalue weighted by Crippen LogP contribution is 2.23. The van der Waals surface area contributed by atoms with E-state index in [1.54, 1.807) is 4.90 Å². The zero-order valence-corrected chi connectivity index (χ0v) is 16.2. The Bertz CT molecular complexity index is 691. The molecule has 0 bridgehead atoms. The monoisotopic (exact) mass is 402 g/mol. The minimum atomic E-state index is -2.99. The second kappa shape index (κ2) is 7.21. The Kier molecular flexibility index (Phi) is 5.73. The number of halogens is 1. The maximum absolute atomic E-state index is 12.6. The number of carbonyl (C=O) groups is 1. The van der Waals surface area contributed by atoms with Crippen LogP contribution in [0.1, 0.15) is 18.9 Å². The molecule has 5 nitrogen and oxygen atoms in total. The maximum atomic E-state index is 12.6. The average molecular weight is 403 g/mol. The van der Waals surface area contributed by atoms with Gasteiger partial charge in [0, 0.05) is 29.8 Å². The number of sulfone groups is 1. The predicted octanol–water partition coefficient (Wildman–Crippen LogP) is 2.23. The molecule has 0 saturated carbocycles. The van der Waals surface area contributed by atoms with Crippen LogP contribution in [0.5, 0.6) is 0 Å². The van der Waals surface area contributed by atoms with Crippen LogP contribution in [0.4, 0.5) is 5.69 Å². The molecule has 1 heterocycles. The Morgan fingerprint density at radius 3 is 2.61 bits per heavy atom. The van der Waals surface area contributed by atoms with E-state index >= 15 is 0 Å². The first-order valence-corrected chi connectivity index (χ1v) is 10.3. The van der Waals surface area contributed by atoms with E-state index in [9.17, 15) is 13.2 Å². The molecule has 2 rings (SSSR count). The first kappa shape index (κ1) is 18.3. The van der Waals surface area contributed by atoms with Gasteiger partial charge in [-0.25, -0.2) is 8.42 Å². The Morgan fingerprint density at radius 2 is 2.09 bits per heavy atom. The Morgan fingerprint density at radius 1 is 1.39 bits per heavy atom. The summed E-state index contributed by atoms with van der Waals surface area (Å²) in [5, 5.41) is 0. The quantitative estimate of drug-likeness (QED) is 0.757. The third kappa shape index (κ3) is 4.47. The van der Waals surface area contributed by atoms with Crippen LogP contribution in [0, 0.1) is 6.92 Å². The largest absolute Gasteiger partial charge is 0.365 e. The number of hydrogen-bond acceptors (Lipinski definition) is 4. The summed E-state index contributed by atoms with van der Waals surface area (Å²) in [6, 6.07) is 5.76. The van der Waals surface area contributed by atoms with Crippen molar-refractivity contribution in [2.24, 2.45) is 0 Å². The highest BCUT2D eigenvalue weighted by molar-refractivity contribution is 9.10. The Hall–Kier alpha value is -1.08. The molecule has 1 fully saturated rings. The van der Waals surface area contributed by atoms with Crippen LogP contribution in [-0.4, -0.2) is 56.9 Å². The Balaban J connectivity index is 2.05. The van der Waals surface area contributed by atoms with Gasteiger partial charge in [0.15, 0.2) is 9.84 Å². The average Bonchev–Trinajstić information content (AvgIpc) is 2.82. The molecule has 1 amide bonds. The van der Waals surface area contributed by atoms with Crippen molar-refractivity contribution >= 4 is 37.4 Å². The lowest BCUT2D eigenvalue weighted by Crippen LogP contribution is -2.45. The molecular formula is C16H23BrN2O3S. The lowest BCUT2D eigenvalue weighted by Gasteiger charge is -2.29. The van der Waals surface area contributed by atoms with Crippen molar-refractivity contribution in [2.45, 2.75) is 26.3 Å². The molecule has 128 valence electrons. The van der Waals surface area contributed by atoms with E-state index in [1.807, 2.05) is 44.0 Å². The summed E-state index contributed by atoms with van der Waals surface area (Å²) in [4.78, 5) is 16.2. The lowest BCUT2D eigenvalue weighted by atomic mass is 10.2. The van der Waals surface area contributed by atoms with Crippen molar-refractivity contribution in [1.29, 1.82) is 0 Å². The van der Waals surface area contributed by atoms with Gasteiger partial charge in [0.25, 0.3) is 0 Å². The van der Waals surface area contributed by atoms with Gasteiger partial charge in [-0.15, -0.1) is 0 Å². The van der Waals surface area contributed by atoms with Crippen LogP contribution in [0.15, 0.2) is 22.7 Å². The normalized spacial score (nSPS) is 19.6. The summed E-state index contributed by atoms with van der Waals surface area (Å²) < 4.78 is 24.3. The number of hydrogen-bond donors (Lipinski definition) is 0. The van der Waals surface area contributed by atoms with Gasteiger partial charge >= 0.3 is 0 Å². The molecule has 1 aromatic rings. The van der Waals surface area contributed by atoms with Crippen molar-refractivity contribution in [1.82, 2.24) is 4.90 Å².